The van der Waals surface area contributed by atoms with Crippen molar-refractivity contribution in [2.24, 2.45) is 0 Å². The van der Waals surface area contributed by atoms with Gasteiger partial charge in [0.25, 0.3) is 0 Å². The second-order valence-corrected chi connectivity index (χ2v) is 3.39. The van der Waals surface area contributed by atoms with E-state index in [2.05, 4.69) is 11.9 Å². The summed E-state index contributed by atoms with van der Waals surface area (Å²) in [6, 6.07) is 7.61. The Morgan fingerprint density at radius 1 is 1.29 bits per heavy atom. The summed E-state index contributed by atoms with van der Waals surface area (Å²) < 4.78 is 0. The average molecular weight is 187 g/mol. The van der Waals surface area contributed by atoms with Gasteiger partial charge in [-0.25, -0.2) is 0 Å². The number of hydrogen-bond donors (Lipinski definition) is 1. The fraction of sp³-hybridized carbons (Fsp3) is 0.250. The van der Waals surface area contributed by atoms with Gasteiger partial charge in [0.1, 0.15) is 11.3 Å². The van der Waals surface area contributed by atoms with Gasteiger partial charge in [-0.15, -0.1) is 0 Å². The Morgan fingerprint density at radius 2 is 2.14 bits per heavy atom. The molecule has 1 aromatic carbocycles. The molecule has 2 aromatic rings. The standard InChI is InChI=1S/C12H13NO/c1-2-4-9-6-7-11(14)12-10(9)5-3-8-13-12/h3,5-8,14H,2,4H2,1H3. The van der Waals surface area contributed by atoms with E-state index >= 15 is 0 Å². The lowest BCUT2D eigenvalue weighted by Gasteiger charge is -2.05. The van der Waals surface area contributed by atoms with Crippen molar-refractivity contribution in [1.29, 1.82) is 0 Å². The summed E-state index contributed by atoms with van der Waals surface area (Å²) in [7, 11) is 0. The molecule has 0 fully saturated rings. The van der Waals surface area contributed by atoms with Crippen molar-refractivity contribution in [3.63, 3.8) is 0 Å². The molecule has 1 aromatic heterocycles. The topological polar surface area (TPSA) is 33.1 Å². The number of benzene rings is 1. The van der Waals surface area contributed by atoms with Gasteiger partial charge in [0.15, 0.2) is 0 Å². The number of pyridine rings is 1. The third-order valence-corrected chi connectivity index (χ3v) is 2.36. The van der Waals surface area contributed by atoms with Crippen molar-refractivity contribution in [1.82, 2.24) is 4.98 Å². The third-order valence-electron chi connectivity index (χ3n) is 2.36. The van der Waals surface area contributed by atoms with Crippen LogP contribution in [0.5, 0.6) is 5.75 Å². The summed E-state index contributed by atoms with van der Waals surface area (Å²) in [5.74, 6) is 0.264. The lowest BCUT2D eigenvalue weighted by molar-refractivity contribution is 0.480. The molecule has 2 nitrogen and oxygen atoms in total. The molecule has 0 bridgehead atoms. The first kappa shape index (κ1) is 9.00. The first-order valence-corrected chi connectivity index (χ1v) is 4.88. The molecule has 1 heterocycles. The Hall–Kier alpha value is -1.57. The first-order valence-electron chi connectivity index (χ1n) is 4.88. The van der Waals surface area contributed by atoms with E-state index in [-0.39, 0.29) is 5.75 Å². The van der Waals surface area contributed by atoms with E-state index < -0.39 is 0 Å². The van der Waals surface area contributed by atoms with Crippen LogP contribution in [-0.4, -0.2) is 10.1 Å². The van der Waals surface area contributed by atoms with Crippen molar-refractivity contribution in [3.05, 3.63) is 36.0 Å². The largest absolute Gasteiger partial charge is 0.506 e. The molecule has 0 spiro atoms. The van der Waals surface area contributed by atoms with Gasteiger partial charge < -0.3 is 5.11 Å². The Labute approximate surface area is 83.2 Å². The molecular formula is C12H13NO. The number of aryl methyl sites for hydroxylation is 1. The van der Waals surface area contributed by atoms with Crippen LogP contribution in [0.4, 0.5) is 0 Å². The summed E-state index contributed by atoms with van der Waals surface area (Å²) in [5.41, 5.74) is 1.96. The second-order valence-electron chi connectivity index (χ2n) is 3.39. The van der Waals surface area contributed by atoms with Crippen LogP contribution in [0.1, 0.15) is 18.9 Å². The van der Waals surface area contributed by atoms with Crippen LogP contribution >= 0.6 is 0 Å². The van der Waals surface area contributed by atoms with Gasteiger partial charge in [-0.2, -0.15) is 0 Å². The minimum absolute atomic E-state index is 0.264. The minimum atomic E-state index is 0.264. The van der Waals surface area contributed by atoms with Crippen molar-refractivity contribution in [2.45, 2.75) is 19.8 Å². The van der Waals surface area contributed by atoms with E-state index in [1.807, 2.05) is 18.2 Å². The highest BCUT2D eigenvalue weighted by Gasteiger charge is 2.04. The summed E-state index contributed by atoms with van der Waals surface area (Å²) in [5, 5.41) is 10.7. The van der Waals surface area contributed by atoms with E-state index in [0.717, 1.165) is 18.2 Å². The maximum absolute atomic E-state index is 9.60. The second kappa shape index (κ2) is 3.66. The molecule has 14 heavy (non-hydrogen) atoms. The van der Waals surface area contributed by atoms with E-state index in [1.54, 1.807) is 12.3 Å². The summed E-state index contributed by atoms with van der Waals surface area (Å²) in [6.45, 7) is 2.15. The zero-order chi connectivity index (χ0) is 9.97. The summed E-state index contributed by atoms with van der Waals surface area (Å²) in [6.07, 6.45) is 3.84. The van der Waals surface area contributed by atoms with E-state index in [9.17, 15) is 5.11 Å². The number of phenolic OH excluding ortho intramolecular Hbond substituents is 1. The molecule has 2 heteroatoms. The number of rotatable bonds is 2. The van der Waals surface area contributed by atoms with E-state index in [1.165, 1.54) is 5.56 Å². The molecule has 0 saturated carbocycles. The normalized spacial score (nSPS) is 10.6. The lowest BCUT2D eigenvalue weighted by Crippen LogP contribution is -1.87. The van der Waals surface area contributed by atoms with Gasteiger partial charge in [-0.3, -0.25) is 4.98 Å². The highest BCUT2D eigenvalue weighted by molar-refractivity contribution is 5.87. The zero-order valence-electron chi connectivity index (χ0n) is 8.20. The van der Waals surface area contributed by atoms with Crippen molar-refractivity contribution in [3.8, 4) is 5.75 Å². The van der Waals surface area contributed by atoms with Gasteiger partial charge in [0.05, 0.1) is 0 Å². The summed E-state index contributed by atoms with van der Waals surface area (Å²) >= 11 is 0. The van der Waals surface area contributed by atoms with Crippen LogP contribution in [0.15, 0.2) is 30.5 Å². The van der Waals surface area contributed by atoms with Crippen LogP contribution in [0.3, 0.4) is 0 Å². The van der Waals surface area contributed by atoms with Gasteiger partial charge in [-0.05, 0) is 24.1 Å². The number of aromatic nitrogens is 1. The molecule has 0 aliphatic heterocycles. The Kier molecular flexibility index (Phi) is 2.35. The molecule has 2 rings (SSSR count). The average Bonchev–Trinajstić information content (AvgIpc) is 2.23. The highest BCUT2D eigenvalue weighted by Crippen LogP contribution is 2.25. The van der Waals surface area contributed by atoms with Crippen LogP contribution < -0.4 is 0 Å². The minimum Gasteiger partial charge on any atom is -0.506 e. The van der Waals surface area contributed by atoms with Crippen molar-refractivity contribution >= 4 is 10.9 Å². The number of hydrogen-bond acceptors (Lipinski definition) is 2. The molecule has 0 atom stereocenters. The molecule has 0 radical (unpaired) electrons. The maximum Gasteiger partial charge on any atom is 0.141 e. The molecule has 72 valence electrons. The number of fused-ring (bicyclic) bond motifs is 1. The molecule has 0 saturated heterocycles. The van der Waals surface area contributed by atoms with Crippen molar-refractivity contribution < 1.29 is 5.11 Å². The molecule has 0 unspecified atom stereocenters. The Morgan fingerprint density at radius 3 is 2.93 bits per heavy atom. The number of aromatic hydroxyl groups is 1. The number of nitrogens with zero attached hydrogens (tertiary/aromatic N) is 1. The molecule has 0 aliphatic rings. The predicted molar refractivity (Wildman–Crippen MR) is 57.4 cm³/mol. The van der Waals surface area contributed by atoms with Crippen molar-refractivity contribution in [2.75, 3.05) is 0 Å². The smallest absolute Gasteiger partial charge is 0.141 e. The monoisotopic (exact) mass is 187 g/mol. The highest BCUT2D eigenvalue weighted by atomic mass is 16.3. The maximum atomic E-state index is 9.60. The first-order chi connectivity index (χ1) is 6.83. The third kappa shape index (κ3) is 1.43. The zero-order valence-corrected chi connectivity index (χ0v) is 8.20. The number of phenols is 1. The van der Waals surface area contributed by atoms with Crippen LogP contribution in [-0.2, 0) is 6.42 Å². The molecule has 0 amide bonds. The SMILES string of the molecule is CCCc1ccc(O)c2ncccc12. The molecular weight excluding hydrogens is 174 g/mol. The quantitative estimate of drug-likeness (QED) is 0.784. The van der Waals surface area contributed by atoms with Gasteiger partial charge in [0.2, 0.25) is 0 Å². The molecule has 0 aliphatic carbocycles. The predicted octanol–water partition coefficient (Wildman–Crippen LogP) is 2.89. The van der Waals surface area contributed by atoms with E-state index in [4.69, 9.17) is 0 Å². The fourth-order valence-electron chi connectivity index (χ4n) is 1.70. The lowest BCUT2D eigenvalue weighted by atomic mass is 10.0. The van der Waals surface area contributed by atoms with Gasteiger partial charge in [0, 0.05) is 11.6 Å². The van der Waals surface area contributed by atoms with Crippen LogP contribution in [0, 0.1) is 0 Å². The summed E-state index contributed by atoms with van der Waals surface area (Å²) in [4.78, 5) is 4.17. The Balaban J connectivity index is 2.68. The van der Waals surface area contributed by atoms with Crippen LogP contribution in [0.2, 0.25) is 0 Å². The Bertz CT molecular complexity index is 451. The fourth-order valence-corrected chi connectivity index (χ4v) is 1.70. The van der Waals surface area contributed by atoms with E-state index in [0.29, 0.717) is 5.52 Å². The van der Waals surface area contributed by atoms with Crippen LogP contribution in [0.25, 0.3) is 10.9 Å². The van der Waals surface area contributed by atoms with Gasteiger partial charge >= 0.3 is 0 Å². The van der Waals surface area contributed by atoms with Gasteiger partial charge in [-0.1, -0.05) is 25.5 Å². The molecule has 1 N–H and O–H groups in total.